The number of benzene rings is 2. The van der Waals surface area contributed by atoms with Gasteiger partial charge in [-0.2, -0.15) is 5.26 Å². The number of hydrogen-bond acceptors (Lipinski definition) is 4. The summed E-state index contributed by atoms with van der Waals surface area (Å²) >= 11 is 1.48. The Morgan fingerprint density at radius 2 is 1.89 bits per heavy atom. The highest BCUT2D eigenvalue weighted by Gasteiger charge is 2.38. The summed E-state index contributed by atoms with van der Waals surface area (Å²) in [5.41, 5.74) is 2.09. The molecule has 0 aromatic heterocycles. The first-order chi connectivity index (χ1) is 13.2. The zero-order valence-corrected chi connectivity index (χ0v) is 15.5. The van der Waals surface area contributed by atoms with Gasteiger partial charge < -0.3 is 0 Å². The van der Waals surface area contributed by atoms with E-state index in [0.717, 1.165) is 6.54 Å². The van der Waals surface area contributed by atoms with Crippen molar-refractivity contribution in [2.75, 3.05) is 12.5 Å². The summed E-state index contributed by atoms with van der Waals surface area (Å²) in [5, 5.41) is 10.4. The van der Waals surface area contributed by atoms with Crippen molar-refractivity contribution in [2.24, 2.45) is 0 Å². The van der Waals surface area contributed by atoms with Crippen molar-refractivity contribution < 1.29 is 9.18 Å². The highest BCUT2D eigenvalue weighted by atomic mass is 32.2. The van der Waals surface area contributed by atoms with Crippen LogP contribution in [0.1, 0.15) is 23.5 Å². The number of fused-ring (bicyclic) bond motifs is 1. The monoisotopic (exact) mass is 379 g/mol. The molecule has 0 aliphatic carbocycles. The Bertz CT molecular complexity index is 938. The number of hydrogen-bond donors (Lipinski definition) is 0. The molecule has 2 aliphatic heterocycles. The van der Waals surface area contributed by atoms with E-state index < -0.39 is 5.92 Å². The first-order valence-corrected chi connectivity index (χ1v) is 9.74. The van der Waals surface area contributed by atoms with Crippen LogP contribution in [-0.2, 0) is 11.3 Å². The van der Waals surface area contributed by atoms with E-state index in [-0.39, 0.29) is 18.1 Å². The van der Waals surface area contributed by atoms with Crippen LogP contribution in [0.5, 0.6) is 0 Å². The largest absolute Gasteiger partial charge is 0.292 e. The number of nitrogens with zero attached hydrogens (tertiary/aromatic N) is 3. The average Bonchev–Trinajstić information content (AvgIpc) is 2.69. The van der Waals surface area contributed by atoms with E-state index in [4.69, 9.17) is 0 Å². The summed E-state index contributed by atoms with van der Waals surface area (Å²) in [4.78, 5) is 16.6. The van der Waals surface area contributed by atoms with E-state index in [1.54, 1.807) is 23.1 Å². The predicted octanol–water partition coefficient (Wildman–Crippen LogP) is 4.04. The minimum absolute atomic E-state index is 0.0671. The van der Waals surface area contributed by atoms with Crippen LogP contribution >= 0.6 is 11.8 Å². The Hall–Kier alpha value is -2.62. The first-order valence-electron chi connectivity index (χ1n) is 8.75. The molecule has 0 radical (unpaired) electrons. The van der Waals surface area contributed by atoms with Gasteiger partial charge in [0.25, 0.3) is 0 Å². The molecule has 0 unspecified atom stereocenters. The number of thioether (sulfide) groups is 1. The van der Waals surface area contributed by atoms with Gasteiger partial charge in [-0.1, -0.05) is 60.3 Å². The zero-order chi connectivity index (χ0) is 18.8. The lowest BCUT2D eigenvalue weighted by molar-refractivity contribution is -0.131. The van der Waals surface area contributed by atoms with Crippen LogP contribution in [0.4, 0.5) is 4.39 Å². The van der Waals surface area contributed by atoms with Crippen molar-refractivity contribution >= 4 is 17.7 Å². The molecule has 0 spiro atoms. The van der Waals surface area contributed by atoms with Gasteiger partial charge in [-0.3, -0.25) is 14.6 Å². The second-order valence-corrected chi connectivity index (χ2v) is 7.59. The number of halogens is 1. The molecule has 2 aliphatic rings. The fraction of sp³-hybridized carbons (Fsp3) is 0.238. The minimum atomic E-state index is -0.511. The maximum absolute atomic E-state index is 14.3. The molecule has 2 aromatic carbocycles. The third kappa shape index (κ3) is 3.48. The van der Waals surface area contributed by atoms with E-state index in [0.29, 0.717) is 28.7 Å². The Kier molecular flexibility index (Phi) is 4.97. The quantitative estimate of drug-likeness (QED) is 0.808. The minimum Gasteiger partial charge on any atom is -0.292 e. The smallest absolute Gasteiger partial charge is 0.229 e. The lowest BCUT2D eigenvalue weighted by Crippen LogP contribution is -2.47. The van der Waals surface area contributed by atoms with Gasteiger partial charge in [-0.25, -0.2) is 4.39 Å². The Morgan fingerprint density at radius 3 is 2.63 bits per heavy atom. The summed E-state index contributed by atoms with van der Waals surface area (Å²) in [7, 11) is 0. The molecule has 0 saturated carbocycles. The lowest BCUT2D eigenvalue weighted by Gasteiger charge is -2.41. The Morgan fingerprint density at radius 1 is 1.15 bits per heavy atom. The molecule has 1 atom stereocenters. The van der Waals surface area contributed by atoms with Gasteiger partial charge >= 0.3 is 0 Å². The number of carbonyl (C=O) groups excluding carboxylic acids is 1. The number of carbonyl (C=O) groups is 1. The highest BCUT2D eigenvalue weighted by Crippen LogP contribution is 2.43. The molecule has 0 bridgehead atoms. The number of amides is 1. The average molecular weight is 379 g/mol. The van der Waals surface area contributed by atoms with Crippen molar-refractivity contribution in [3.8, 4) is 6.07 Å². The SMILES string of the molecule is N#CC1=C2SCN(Cc3ccccc3)CN2C(=O)C[C@@H]1c1ccccc1F. The molecule has 1 amide bonds. The van der Waals surface area contributed by atoms with Crippen molar-refractivity contribution in [3.05, 3.63) is 82.1 Å². The molecule has 2 heterocycles. The van der Waals surface area contributed by atoms with Crippen LogP contribution in [0.25, 0.3) is 0 Å². The van der Waals surface area contributed by atoms with Gasteiger partial charge in [0, 0.05) is 18.9 Å². The molecule has 1 saturated heterocycles. The fourth-order valence-corrected chi connectivity index (χ4v) is 4.71. The van der Waals surface area contributed by atoms with Gasteiger partial charge in [0.2, 0.25) is 5.91 Å². The maximum Gasteiger partial charge on any atom is 0.229 e. The molecular formula is C21H18FN3OS. The van der Waals surface area contributed by atoms with Crippen LogP contribution in [0.3, 0.4) is 0 Å². The fourth-order valence-electron chi connectivity index (χ4n) is 3.57. The van der Waals surface area contributed by atoms with Crippen molar-refractivity contribution in [1.82, 2.24) is 9.80 Å². The lowest BCUT2D eigenvalue weighted by atomic mass is 9.86. The second-order valence-electron chi connectivity index (χ2n) is 6.66. The van der Waals surface area contributed by atoms with E-state index in [9.17, 15) is 14.4 Å². The summed E-state index contributed by atoms with van der Waals surface area (Å²) in [5.74, 6) is -0.266. The van der Waals surface area contributed by atoms with E-state index in [1.165, 1.54) is 23.4 Å². The number of nitriles is 1. The van der Waals surface area contributed by atoms with Crippen LogP contribution in [-0.4, -0.2) is 28.3 Å². The molecule has 1 fully saturated rings. The Balaban J connectivity index is 1.61. The third-order valence-electron chi connectivity index (χ3n) is 4.88. The third-order valence-corrected chi connectivity index (χ3v) is 6.09. The zero-order valence-electron chi connectivity index (χ0n) is 14.6. The highest BCUT2D eigenvalue weighted by molar-refractivity contribution is 8.03. The van der Waals surface area contributed by atoms with Gasteiger partial charge in [-0.15, -0.1) is 0 Å². The topological polar surface area (TPSA) is 47.3 Å². The summed E-state index contributed by atoms with van der Waals surface area (Å²) in [6.07, 6.45) is 0.118. The van der Waals surface area contributed by atoms with Crippen molar-refractivity contribution in [2.45, 2.75) is 18.9 Å². The molecule has 0 N–H and O–H groups in total. The maximum atomic E-state index is 14.3. The summed E-state index contributed by atoms with van der Waals surface area (Å²) < 4.78 is 14.3. The molecule has 4 rings (SSSR count). The summed E-state index contributed by atoms with van der Waals surface area (Å²) in [6.45, 7) is 1.19. The molecule has 2 aromatic rings. The first kappa shape index (κ1) is 17.8. The van der Waals surface area contributed by atoms with Gasteiger partial charge in [0.1, 0.15) is 5.82 Å². The van der Waals surface area contributed by atoms with Crippen LogP contribution < -0.4 is 0 Å². The van der Waals surface area contributed by atoms with Gasteiger partial charge in [0.15, 0.2) is 0 Å². The van der Waals surface area contributed by atoms with E-state index in [2.05, 4.69) is 23.1 Å². The van der Waals surface area contributed by atoms with Gasteiger partial charge in [0.05, 0.1) is 29.2 Å². The molecule has 6 heteroatoms. The van der Waals surface area contributed by atoms with E-state index in [1.807, 2.05) is 18.2 Å². The molecule has 27 heavy (non-hydrogen) atoms. The molecular weight excluding hydrogens is 361 g/mol. The molecule has 4 nitrogen and oxygen atoms in total. The van der Waals surface area contributed by atoms with Crippen molar-refractivity contribution in [3.63, 3.8) is 0 Å². The number of rotatable bonds is 3. The van der Waals surface area contributed by atoms with Crippen LogP contribution in [0.2, 0.25) is 0 Å². The standard InChI is InChI=1S/C21H18FN3OS/c22-19-9-5-4-8-16(19)17-10-20(26)25-13-24(12-15-6-2-1-3-7-15)14-27-21(25)18(17)11-23/h1-9,17H,10,12-14H2/t17-/m1/s1. The molecule has 136 valence electrons. The van der Waals surface area contributed by atoms with Crippen LogP contribution in [0, 0.1) is 17.1 Å². The van der Waals surface area contributed by atoms with Gasteiger partial charge in [-0.05, 0) is 17.2 Å². The predicted molar refractivity (Wildman–Crippen MR) is 103 cm³/mol. The van der Waals surface area contributed by atoms with Crippen LogP contribution in [0.15, 0.2) is 65.2 Å². The second kappa shape index (κ2) is 7.55. The van der Waals surface area contributed by atoms with Crippen molar-refractivity contribution in [1.29, 1.82) is 5.26 Å². The normalized spacial score (nSPS) is 20.4. The summed E-state index contributed by atoms with van der Waals surface area (Å²) in [6, 6.07) is 18.7. The Labute approximate surface area is 161 Å². The number of allylic oxidation sites excluding steroid dienone is 1. The van der Waals surface area contributed by atoms with E-state index >= 15 is 0 Å².